The molecule has 1 rings (SSSR count). The summed E-state index contributed by atoms with van der Waals surface area (Å²) in [6.07, 6.45) is 1.13. The second-order valence-corrected chi connectivity index (χ2v) is 5.70. The Balaban J connectivity index is 2.56. The molecule has 0 aromatic carbocycles. The van der Waals surface area contributed by atoms with Gasteiger partial charge in [0.25, 0.3) is 0 Å². The number of carbonyl (C=O) groups excluding carboxylic acids is 1. The highest BCUT2D eigenvalue weighted by Gasteiger charge is 2.29. The Morgan fingerprint density at radius 2 is 2.27 bits per heavy atom. The van der Waals surface area contributed by atoms with Gasteiger partial charge in [0.15, 0.2) is 0 Å². The lowest BCUT2D eigenvalue weighted by Gasteiger charge is -2.29. The summed E-state index contributed by atoms with van der Waals surface area (Å²) in [4.78, 5) is 14.1. The number of hydrogen-bond acceptors (Lipinski definition) is 3. The van der Waals surface area contributed by atoms with Gasteiger partial charge in [-0.1, -0.05) is 13.8 Å². The second kappa shape index (κ2) is 5.75. The third-order valence-electron chi connectivity index (χ3n) is 3.18. The lowest BCUT2D eigenvalue weighted by atomic mass is 9.94. The summed E-state index contributed by atoms with van der Waals surface area (Å²) in [7, 11) is 1.92. The monoisotopic (exact) mass is 230 g/mol. The molecule has 88 valence electrons. The smallest absolute Gasteiger partial charge is 0.227 e. The highest BCUT2D eigenvalue weighted by atomic mass is 32.2. The van der Waals surface area contributed by atoms with Crippen molar-refractivity contribution < 1.29 is 4.79 Å². The standard InChI is InChI=1S/C11H22N2OS/c1-8(2)10(6-12)11(14)13(3)9-4-5-15-7-9/h8-10H,4-7,12H2,1-3H3. The lowest BCUT2D eigenvalue weighted by Crippen LogP contribution is -2.44. The van der Waals surface area contributed by atoms with Gasteiger partial charge < -0.3 is 10.6 Å². The van der Waals surface area contributed by atoms with Gasteiger partial charge >= 0.3 is 0 Å². The number of thioether (sulfide) groups is 1. The van der Waals surface area contributed by atoms with Crippen molar-refractivity contribution in [2.45, 2.75) is 26.3 Å². The number of amides is 1. The Kier molecular flexibility index (Phi) is 4.93. The first-order valence-corrected chi connectivity index (χ1v) is 6.77. The second-order valence-electron chi connectivity index (χ2n) is 4.55. The molecule has 1 saturated heterocycles. The number of nitrogens with two attached hydrogens (primary N) is 1. The van der Waals surface area contributed by atoms with Crippen molar-refractivity contribution in [1.82, 2.24) is 4.90 Å². The normalized spacial score (nSPS) is 23.1. The average Bonchev–Trinajstić information content (AvgIpc) is 2.69. The summed E-state index contributed by atoms with van der Waals surface area (Å²) in [6, 6.07) is 0.426. The van der Waals surface area contributed by atoms with Gasteiger partial charge in [-0.2, -0.15) is 11.8 Å². The number of nitrogens with zero attached hydrogens (tertiary/aromatic N) is 1. The first kappa shape index (κ1) is 12.8. The van der Waals surface area contributed by atoms with Crippen molar-refractivity contribution in [3.05, 3.63) is 0 Å². The van der Waals surface area contributed by atoms with Crippen molar-refractivity contribution in [2.75, 3.05) is 25.1 Å². The van der Waals surface area contributed by atoms with Crippen LogP contribution in [0.1, 0.15) is 20.3 Å². The zero-order valence-corrected chi connectivity index (χ0v) is 10.7. The molecular formula is C11H22N2OS. The molecule has 4 heteroatoms. The van der Waals surface area contributed by atoms with E-state index in [0.29, 0.717) is 18.5 Å². The quantitative estimate of drug-likeness (QED) is 0.789. The fourth-order valence-electron chi connectivity index (χ4n) is 1.93. The number of rotatable bonds is 4. The molecule has 0 aromatic heterocycles. The zero-order valence-electron chi connectivity index (χ0n) is 9.90. The first-order valence-electron chi connectivity index (χ1n) is 5.62. The van der Waals surface area contributed by atoms with Crippen LogP contribution in [-0.2, 0) is 4.79 Å². The van der Waals surface area contributed by atoms with Crippen molar-refractivity contribution in [3.8, 4) is 0 Å². The summed E-state index contributed by atoms with van der Waals surface area (Å²) in [5, 5.41) is 0. The van der Waals surface area contributed by atoms with Gasteiger partial charge in [-0.25, -0.2) is 0 Å². The Bertz CT molecular complexity index is 215. The maximum absolute atomic E-state index is 12.1. The van der Waals surface area contributed by atoms with Crippen molar-refractivity contribution >= 4 is 17.7 Å². The summed E-state index contributed by atoms with van der Waals surface area (Å²) in [5.74, 6) is 2.80. The van der Waals surface area contributed by atoms with Crippen LogP contribution in [0.4, 0.5) is 0 Å². The number of carbonyl (C=O) groups is 1. The third kappa shape index (κ3) is 3.11. The van der Waals surface area contributed by atoms with Crippen molar-refractivity contribution in [1.29, 1.82) is 0 Å². The van der Waals surface area contributed by atoms with E-state index in [1.165, 1.54) is 5.75 Å². The van der Waals surface area contributed by atoms with Crippen molar-refractivity contribution in [2.24, 2.45) is 17.6 Å². The van der Waals surface area contributed by atoms with Gasteiger partial charge in [-0.3, -0.25) is 4.79 Å². The Labute approximate surface area is 96.8 Å². The first-order chi connectivity index (χ1) is 7.07. The lowest BCUT2D eigenvalue weighted by molar-refractivity contribution is -0.136. The highest BCUT2D eigenvalue weighted by molar-refractivity contribution is 7.99. The van der Waals surface area contributed by atoms with Crippen LogP contribution in [0.25, 0.3) is 0 Å². The molecule has 1 aliphatic rings. The van der Waals surface area contributed by atoms with Crippen LogP contribution in [0.5, 0.6) is 0 Å². The molecule has 15 heavy (non-hydrogen) atoms. The summed E-state index contributed by atoms with van der Waals surface area (Å²) in [6.45, 7) is 4.58. The van der Waals surface area contributed by atoms with Crippen LogP contribution in [0, 0.1) is 11.8 Å². The molecule has 0 bridgehead atoms. The molecule has 2 N–H and O–H groups in total. The van der Waals surface area contributed by atoms with Crippen LogP contribution in [0.15, 0.2) is 0 Å². The molecule has 0 saturated carbocycles. The fraction of sp³-hybridized carbons (Fsp3) is 0.909. The fourth-order valence-corrected chi connectivity index (χ4v) is 3.19. The minimum Gasteiger partial charge on any atom is -0.342 e. The molecule has 1 heterocycles. The van der Waals surface area contributed by atoms with E-state index in [9.17, 15) is 4.79 Å². The average molecular weight is 230 g/mol. The van der Waals surface area contributed by atoms with Crippen LogP contribution in [0.3, 0.4) is 0 Å². The number of hydrogen-bond donors (Lipinski definition) is 1. The molecule has 0 aromatic rings. The molecule has 1 fully saturated rings. The molecule has 1 aliphatic heterocycles. The van der Waals surface area contributed by atoms with Crippen LogP contribution >= 0.6 is 11.8 Å². The van der Waals surface area contributed by atoms with E-state index in [-0.39, 0.29) is 11.8 Å². The van der Waals surface area contributed by atoms with E-state index in [1.807, 2.05) is 23.7 Å². The van der Waals surface area contributed by atoms with E-state index in [4.69, 9.17) is 5.73 Å². The maximum atomic E-state index is 12.1. The Morgan fingerprint density at radius 1 is 1.60 bits per heavy atom. The predicted octanol–water partition coefficient (Wildman–Crippen LogP) is 1.18. The van der Waals surface area contributed by atoms with Crippen LogP contribution in [0.2, 0.25) is 0 Å². The molecule has 0 aliphatic carbocycles. The van der Waals surface area contributed by atoms with Gasteiger partial charge in [0.05, 0.1) is 5.92 Å². The van der Waals surface area contributed by atoms with Gasteiger partial charge in [0, 0.05) is 25.4 Å². The van der Waals surface area contributed by atoms with E-state index in [2.05, 4.69) is 13.8 Å². The minimum absolute atomic E-state index is 0.0133. The Morgan fingerprint density at radius 3 is 2.67 bits per heavy atom. The SMILES string of the molecule is CC(C)C(CN)C(=O)N(C)C1CCSC1. The maximum Gasteiger partial charge on any atom is 0.227 e. The third-order valence-corrected chi connectivity index (χ3v) is 4.32. The van der Waals surface area contributed by atoms with Crippen molar-refractivity contribution in [3.63, 3.8) is 0 Å². The van der Waals surface area contributed by atoms with Crippen LogP contribution < -0.4 is 5.73 Å². The molecule has 3 nitrogen and oxygen atoms in total. The van der Waals surface area contributed by atoms with E-state index in [0.717, 1.165) is 12.2 Å². The summed E-state index contributed by atoms with van der Waals surface area (Å²) >= 11 is 1.93. The largest absolute Gasteiger partial charge is 0.342 e. The van der Waals surface area contributed by atoms with E-state index in [1.54, 1.807) is 0 Å². The highest BCUT2D eigenvalue weighted by Crippen LogP contribution is 2.23. The van der Waals surface area contributed by atoms with Gasteiger partial charge in [0.1, 0.15) is 0 Å². The van der Waals surface area contributed by atoms with Gasteiger partial charge in [-0.15, -0.1) is 0 Å². The molecule has 1 amide bonds. The predicted molar refractivity (Wildman–Crippen MR) is 65.9 cm³/mol. The van der Waals surface area contributed by atoms with Gasteiger partial charge in [-0.05, 0) is 18.1 Å². The summed E-state index contributed by atoms with van der Waals surface area (Å²) in [5.41, 5.74) is 5.66. The molecular weight excluding hydrogens is 208 g/mol. The van der Waals surface area contributed by atoms with E-state index >= 15 is 0 Å². The molecule has 0 radical (unpaired) electrons. The molecule has 2 unspecified atom stereocenters. The van der Waals surface area contributed by atoms with E-state index < -0.39 is 0 Å². The minimum atomic E-state index is -0.0133. The topological polar surface area (TPSA) is 46.3 Å². The zero-order chi connectivity index (χ0) is 11.4. The van der Waals surface area contributed by atoms with Gasteiger partial charge in [0.2, 0.25) is 5.91 Å². The Hall–Kier alpha value is -0.220. The molecule has 0 spiro atoms. The van der Waals surface area contributed by atoms with Crippen LogP contribution in [-0.4, -0.2) is 41.9 Å². The summed E-state index contributed by atoms with van der Waals surface area (Å²) < 4.78 is 0. The molecule has 2 atom stereocenters.